The minimum atomic E-state index is -0.584. The fraction of sp³-hybridized carbons (Fsp3) is 0. The van der Waals surface area contributed by atoms with Crippen LogP contribution in [-0.4, -0.2) is 21.0 Å². The van der Waals surface area contributed by atoms with Gasteiger partial charge in [0.2, 0.25) is 0 Å². The van der Waals surface area contributed by atoms with E-state index in [0.29, 0.717) is 11.0 Å². The Hall–Kier alpha value is -2.51. The van der Waals surface area contributed by atoms with Gasteiger partial charge in [-0.25, -0.2) is 18.8 Å². The summed E-state index contributed by atoms with van der Waals surface area (Å²) in [5, 5.41) is 9.20. The molecule has 0 spiro atoms. The lowest BCUT2D eigenvalue weighted by Crippen LogP contribution is -2.20. The molecule has 0 saturated heterocycles. The van der Waals surface area contributed by atoms with Crippen LogP contribution in [0.15, 0.2) is 41.7 Å². The molecule has 0 aliphatic rings. The third-order valence-electron chi connectivity index (χ3n) is 2.99. The van der Waals surface area contributed by atoms with Gasteiger partial charge in [0.15, 0.2) is 5.84 Å². The molecule has 0 atom stereocenters. The number of hydrogen-bond donors (Lipinski definition) is 3. The second kappa shape index (κ2) is 5.70. The Bertz CT molecular complexity index is 878. The van der Waals surface area contributed by atoms with Crippen molar-refractivity contribution in [3.63, 3.8) is 0 Å². The molecule has 3 N–H and O–H groups in total. The summed E-state index contributed by atoms with van der Waals surface area (Å²) in [6.07, 6.45) is 1.40. The summed E-state index contributed by atoms with van der Waals surface area (Å²) in [6, 6.07) is 6.26. The van der Waals surface area contributed by atoms with Crippen LogP contribution in [0.1, 0.15) is 5.56 Å². The highest BCUT2D eigenvalue weighted by Gasteiger charge is 2.13. The van der Waals surface area contributed by atoms with Crippen LogP contribution in [0.5, 0.6) is 0 Å². The maximum Gasteiger partial charge on any atom is 0.159 e. The molecule has 1 heterocycles. The van der Waals surface area contributed by atoms with Gasteiger partial charge < -0.3 is 4.98 Å². The van der Waals surface area contributed by atoms with E-state index in [1.165, 1.54) is 30.6 Å². The SMILES string of the molecule is ONC(=Nc1ccc(F)c(Cl)c1)c1cc(F)cc2[nH]cnc12. The summed E-state index contributed by atoms with van der Waals surface area (Å²) in [7, 11) is 0. The summed E-state index contributed by atoms with van der Waals surface area (Å²) in [4.78, 5) is 10.9. The molecule has 0 bridgehead atoms. The van der Waals surface area contributed by atoms with Crippen LogP contribution in [0.25, 0.3) is 11.0 Å². The van der Waals surface area contributed by atoms with Crippen LogP contribution in [0.3, 0.4) is 0 Å². The van der Waals surface area contributed by atoms with Crippen LogP contribution >= 0.6 is 11.6 Å². The Labute approximate surface area is 128 Å². The summed E-state index contributed by atoms with van der Waals surface area (Å²) in [5.41, 5.74) is 3.32. The highest BCUT2D eigenvalue weighted by atomic mass is 35.5. The Morgan fingerprint density at radius 2 is 2.09 bits per heavy atom. The number of aliphatic imine (C=N–C) groups is 1. The summed E-state index contributed by atoms with van der Waals surface area (Å²) in [6.45, 7) is 0. The standard InChI is InChI=1S/C14H9ClF2N4O/c15-10-5-8(1-2-11(10)17)20-14(21-22)9-3-7(16)4-12-13(9)19-6-18-12/h1-6,22H,(H,18,19)(H,20,21). The number of halogens is 3. The van der Waals surface area contributed by atoms with Crippen molar-refractivity contribution in [3.8, 4) is 0 Å². The molecule has 112 valence electrons. The van der Waals surface area contributed by atoms with Crippen molar-refractivity contribution in [2.45, 2.75) is 0 Å². The summed E-state index contributed by atoms with van der Waals surface area (Å²) < 4.78 is 26.8. The normalized spacial score (nSPS) is 11.9. The second-order valence-electron chi connectivity index (χ2n) is 4.42. The first kappa shape index (κ1) is 14.4. The van der Waals surface area contributed by atoms with Gasteiger partial charge in [-0.15, -0.1) is 0 Å². The minimum Gasteiger partial charge on any atom is -0.344 e. The lowest BCUT2D eigenvalue weighted by molar-refractivity contribution is 0.235. The van der Waals surface area contributed by atoms with E-state index in [-0.39, 0.29) is 22.1 Å². The molecule has 2 aromatic carbocycles. The molecule has 0 radical (unpaired) electrons. The zero-order valence-electron chi connectivity index (χ0n) is 10.9. The van der Waals surface area contributed by atoms with Gasteiger partial charge in [-0.3, -0.25) is 10.7 Å². The number of fused-ring (bicyclic) bond motifs is 1. The molecule has 22 heavy (non-hydrogen) atoms. The average Bonchev–Trinajstić information content (AvgIpc) is 2.95. The lowest BCUT2D eigenvalue weighted by atomic mass is 10.1. The molecule has 0 aliphatic heterocycles. The van der Waals surface area contributed by atoms with Gasteiger partial charge in [0.05, 0.1) is 28.1 Å². The average molecular weight is 323 g/mol. The number of amidine groups is 1. The van der Waals surface area contributed by atoms with Crippen molar-refractivity contribution in [3.05, 3.63) is 58.9 Å². The van der Waals surface area contributed by atoms with Gasteiger partial charge in [-0.2, -0.15) is 0 Å². The van der Waals surface area contributed by atoms with E-state index in [2.05, 4.69) is 15.0 Å². The first-order valence-corrected chi connectivity index (χ1v) is 6.53. The van der Waals surface area contributed by atoms with Gasteiger partial charge in [0.1, 0.15) is 11.6 Å². The van der Waals surface area contributed by atoms with Crippen LogP contribution < -0.4 is 5.48 Å². The number of H-pyrrole nitrogens is 1. The Morgan fingerprint density at radius 3 is 2.82 bits per heavy atom. The van der Waals surface area contributed by atoms with Crippen LogP contribution in [0.2, 0.25) is 5.02 Å². The van der Waals surface area contributed by atoms with Gasteiger partial charge in [0.25, 0.3) is 0 Å². The molecular formula is C14H9ClF2N4O. The number of hydroxylamine groups is 1. The number of aromatic nitrogens is 2. The molecule has 0 amide bonds. The molecule has 0 unspecified atom stereocenters. The van der Waals surface area contributed by atoms with Crippen LogP contribution in [-0.2, 0) is 0 Å². The molecule has 1 aromatic heterocycles. The zero-order chi connectivity index (χ0) is 15.7. The highest BCUT2D eigenvalue weighted by molar-refractivity contribution is 6.31. The number of rotatable bonds is 2. The van der Waals surface area contributed by atoms with E-state index < -0.39 is 11.6 Å². The highest BCUT2D eigenvalue weighted by Crippen LogP contribution is 2.23. The number of nitrogens with one attached hydrogen (secondary N) is 2. The monoisotopic (exact) mass is 322 g/mol. The van der Waals surface area contributed by atoms with Gasteiger partial charge in [0, 0.05) is 5.56 Å². The first-order valence-electron chi connectivity index (χ1n) is 6.15. The van der Waals surface area contributed by atoms with E-state index in [9.17, 15) is 14.0 Å². The fourth-order valence-electron chi connectivity index (χ4n) is 2.02. The Kier molecular flexibility index (Phi) is 3.74. The second-order valence-corrected chi connectivity index (χ2v) is 4.83. The maximum absolute atomic E-state index is 13.6. The molecule has 3 aromatic rings. The smallest absolute Gasteiger partial charge is 0.159 e. The van der Waals surface area contributed by atoms with Crippen molar-refractivity contribution in [1.82, 2.24) is 15.4 Å². The Balaban J connectivity index is 2.14. The Morgan fingerprint density at radius 1 is 1.27 bits per heavy atom. The maximum atomic E-state index is 13.6. The quantitative estimate of drug-likeness (QED) is 0.384. The van der Waals surface area contributed by atoms with E-state index in [1.807, 2.05) is 5.48 Å². The van der Waals surface area contributed by atoms with Crippen LogP contribution in [0.4, 0.5) is 14.5 Å². The van der Waals surface area contributed by atoms with E-state index in [1.54, 1.807) is 0 Å². The van der Waals surface area contributed by atoms with E-state index >= 15 is 0 Å². The number of aromatic amines is 1. The molecule has 0 saturated carbocycles. The van der Waals surface area contributed by atoms with Crippen LogP contribution in [0, 0.1) is 11.6 Å². The molecular weight excluding hydrogens is 314 g/mol. The van der Waals surface area contributed by atoms with Crippen molar-refractivity contribution in [2.75, 3.05) is 0 Å². The molecule has 0 fully saturated rings. The van der Waals surface area contributed by atoms with Crippen molar-refractivity contribution >= 4 is 34.2 Å². The minimum absolute atomic E-state index is 0.0423. The predicted octanol–water partition coefficient (Wildman–Crippen LogP) is 3.55. The van der Waals surface area contributed by atoms with Crippen molar-refractivity contribution in [1.29, 1.82) is 0 Å². The molecule has 5 nitrogen and oxygen atoms in total. The largest absolute Gasteiger partial charge is 0.344 e. The topological polar surface area (TPSA) is 73.3 Å². The van der Waals surface area contributed by atoms with Crippen molar-refractivity contribution in [2.24, 2.45) is 4.99 Å². The zero-order valence-corrected chi connectivity index (χ0v) is 11.7. The fourth-order valence-corrected chi connectivity index (χ4v) is 2.20. The molecule has 0 aliphatic carbocycles. The summed E-state index contributed by atoms with van der Waals surface area (Å²) >= 11 is 5.68. The lowest BCUT2D eigenvalue weighted by Gasteiger charge is -2.07. The first-order chi connectivity index (χ1) is 10.6. The van der Waals surface area contributed by atoms with Gasteiger partial charge in [-0.05, 0) is 30.3 Å². The number of imidazole rings is 1. The molecule has 8 heteroatoms. The van der Waals surface area contributed by atoms with Gasteiger partial charge >= 0.3 is 0 Å². The molecule has 3 rings (SSSR count). The number of nitrogens with zero attached hydrogens (tertiary/aromatic N) is 2. The third kappa shape index (κ3) is 2.63. The predicted molar refractivity (Wildman–Crippen MR) is 78.6 cm³/mol. The summed E-state index contributed by atoms with van der Waals surface area (Å²) in [5.74, 6) is -1.15. The van der Waals surface area contributed by atoms with E-state index in [0.717, 1.165) is 6.07 Å². The van der Waals surface area contributed by atoms with E-state index in [4.69, 9.17) is 11.6 Å². The van der Waals surface area contributed by atoms with Crippen molar-refractivity contribution < 1.29 is 14.0 Å². The number of benzene rings is 2. The number of hydrogen-bond acceptors (Lipinski definition) is 3. The third-order valence-corrected chi connectivity index (χ3v) is 3.28. The van der Waals surface area contributed by atoms with Gasteiger partial charge in [-0.1, -0.05) is 11.6 Å².